The number of carbonyl (C=O) groups excluding carboxylic acids is 1. The van der Waals surface area contributed by atoms with Gasteiger partial charge in [-0.25, -0.2) is 23.1 Å². The summed E-state index contributed by atoms with van der Waals surface area (Å²) in [6, 6.07) is 13.1. The molecular weight excluding hydrogens is 462 g/mol. The number of hydrogen-bond donors (Lipinski definition) is 2. The number of sulfonamides is 1. The van der Waals surface area contributed by atoms with Crippen molar-refractivity contribution >= 4 is 39.0 Å². The van der Waals surface area contributed by atoms with Crippen molar-refractivity contribution in [1.82, 2.24) is 19.1 Å². The number of aromatic nitrogens is 3. The average Bonchev–Trinajstić information content (AvgIpc) is 3.17. The van der Waals surface area contributed by atoms with Gasteiger partial charge in [0, 0.05) is 40.9 Å². The number of hydrogen-bond acceptors (Lipinski definition) is 5. The van der Waals surface area contributed by atoms with E-state index in [1.54, 1.807) is 39.1 Å². The molecule has 0 radical (unpaired) electrons. The molecule has 2 aromatic carbocycles. The number of benzene rings is 2. The first-order chi connectivity index (χ1) is 15.5. The number of anilines is 1. The van der Waals surface area contributed by atoms with Crippen molar-refractivity contribution in [3.63, 3.8) is 0 Å². The predicted molar refractivity (Wildman–Crippen MR) is 128 cm³/mol. The number of nitrogens with zero attached hydrogens (tertiary/aromatic N) is 3. The van der Waals surface area contributed by atoms with Crippen LogP contribution in [-0.4, -0.2) is 34.2 Å². The second-order valence-electron chi connectivity index (χ2n) is 8.49. The fourth-order valence-corrected chi connectivity index (χ4v) is 5.15. The van der Waals surface area contributed by atoms with Crippen molar-refractivity contribution in [2.24, 2.45) is 0 Å². The van der Waals surface area contributed by atoms with Crippen LogP contribution in [-0.2, 0) is 10.0 Å². The molecule has 2 aromatic heterocycles. The maximum atomic E-state index is 12.8. The van der Waals surface area contributed by atoms with E-state index in [1.807, 2.05) is 35.0 Å². The summed E-state index contributed by atoms with van der Waals surface area (Å²) in [5, 5.41) is 2.81. The highest BCUT2D eigenvalue weighted by atomic mass is 35.5. The van der Waals surface area contributed by atoms with Crippen molar-refractivity contribution in [3.05, 3.63) is 77.7 Å². The standard InChI is InChI=1S/C23H22ClN5O3S/c1-23(2,3)28-33(31,32)20-13-16(7-10-18(20)24)21(30)26-17-8-5-15(6-9-17)19-14-29-12-4-11-25-22(29)27-19/h4-14,28H,1-3H3,(H,26,30). The molecule has 1 amide bonds. The second-order valence-corrected chi connectivity index (χ2v) is 10.5. The van der Waals surface area contributed by atoms with Crippen LogP contribution in [0.4, 0.5) is 5.69 Å². The Morgan fingerprint density at radius 3 is 2.48 bits per heavy atom. The largest absolute Gasteiger partial charge is 0.322 e. The molecule has 10 heteroatoms. The van der Waals surface area contributed by atoms with Crippen LogP contribution in [0.1, 0.15) is 31.1 Å². The summed E-state index contributed by atoms with van der Waals surface area (Å²) in [6.45, 7) is 5.17. The summed E-state index contributed by atoms with van der Waals surface area (Å²) in [5.41, 5.74) is 1.65. The fourth-order valence-electron chi connectivity index (χ4n) is 3.21. The highest BCUT2D eigenvalue weighted by Gasteiger charge is 2.25. The molecule has 0 aliphatic carbocycles. The zero-order chi connectivity index (χ0) is 23.8. The number of amides is 1. The molecule has 0 spiro atoms. The number of fused-ring (bicyclic) bond motifs is 1. The lowest BCUT2D eigenvalue weighted by Crippen LogP contribution is -2.40. The van der Waals surface area contributed by atoms with Crippen molar-refractivity contribution in [3.8, 4) is 11.3 Å². The zero-order valence-corrected chi connectivity index (χ0v) is 19.8. The van der Waals surface area contributed by atoms with Crippen LogP contribution < -0.4 is 10.0 Å². The monoisotopic (exact) mass is 483 g/mol. The molecule has 0 saturated carbocycles. The minimum Gasteiger partial charge on any atom is -0.322 e. The number of nitrogens with one attached hydrogen (secondary N) is 2. The Labute approximate surface area is 196 Å². The summed E-state index contributed by atoms with van der Waals surface area (Å²) in [5.74, 6) is 0.142. The molecule has 0 unspecified atom stereocenters. The minimum atomic E-state index is -3.90. The number of halogens is 1. The normalized spacial score (nSPS) is 12.1. The van der Waals surface area contributed by atoms with Gasteiger partial charge in [-0.05, 0) is 57.2 Å². The predicted octanol–water partition coefficient (Wildman–Crippen LogP) is 4.38. The number of rotatable bonds is 5. The Morgan fingerprint density at radius 1 is 1.09 bits per heavy atom. The van der Waals surface area contributed by atoms with Gasteiger partial charge in [0.25, 0.3) is 5.91 Å². The van der Waals surface area contributed by atoms with E-state index in [1.165, 1.54) is 18.2 Å². The van der Waals surface area contributed by atoms with Crippen molar-refractivity contribution in [2.45, 2.75) is 31.2 Å². The molecule has 4 rings (SSSR count). The molecule has 0 bridgehead atoms. The van der Waals surface area contributed by atoms with Gasteiger partial charge < -0.3 is 5.32 Å². The third-order valence-electron chi connectivity index (χ3n) is 4.60. The Morgan fingerprint density at radius 2 is 1.82 bits per heavy atom. The Bertz CT molecular complexity index is 1410. The Kier molecular flexibility index (Phi) is 5.96. The maximum absolute atomic E-state index is 12.8. The first-order valence-electron chi connectivity index (χ1n) is 10.1. The van der Waals surface area contributed by atoms with Gasteiger partial charge in [-0.15, -0.1) is 0 Å². The molecule has 0 fully saturated rings. The van der Waals surface area contributed by atoms with Crippen molar-refractivity contribution in [1.29, 1.82) is 0 Å². The van der Waals surface area contributed by atoms with Crippen molar-refractivity contribution in [2.75, 3.05) is 5.32 Å². The van der Waals surface area contributed by atoms with E-state index in [2.05, 4.69) is 20.0 Å². The molecular formula is C23H22ClN5O3S. The lowest BCUT2D eigenvalue weighted by molar-refractivity contribution is 0.102. The van der Waals surface area contributed by atoms with Crippen LogP contribution in [0, 0.1) is 0 Å². The molecule has 170 valence electrons. The van der Waals surface area contributed by atoms with Gasteiger partial charge in [-0.2, -0.15) is 0 Å². The summed E-state index contributed by atoms with van der Waals surface area (Å²) in [6.07, 6.45) is 5.42. The fraction of sp³-hybridized carbons (Fsp3) is 0.174. The van der Waals surface area contributed by atoms with E-state index in [0.717, 1.165) is 11.3 Å². The molecule has 0 atom stereocenters. The summed E-state index contributed by atoms with van der Waals surface area (Å²) >= 11 is 6.12. The smallest absolute Gasteiger partial charge is 0.255 e. The first kappa shape index (κ1) is 22.9. The topological polar surface area (TPSA) is 105 Å². The molecule has 33 heavy (non-hydrogen) atoms. The van der Waals surface area contributed by atoms with E-state index in [-0.39, 0.29) is 15.5 Å². The van der Waals surface area contributed by atoms with Gasteiger partial charge in [-0.3, -0.25) is 9.20 Å². The van der Waals surface area contributed by atoms with Crippen molar-refractivity contribution < 1.29 is 13.2 Å². The molecule has 2 N–H and O–H groups in total. The highest BCUT2D eigenvalue weighted by Crippen LogP contribution is 2.25. The molecule has 8 nitrogen and oxygen atoms in total. The van der Waals surface area contributed by atoms with Crippen LogP contribution in [0.2, 0.25) is 5.02 Å². The van der Waals surface area contributed by atoms with Gasteiger partial charge in [0.15, 0.2) is 0 Å². The van der Waals surface area contributed by atoms with Crippen LogP contribution in [0.25, 0.3) is 17.0 Å². The highest BCUT2D eigenvalue weighted by molar-refractivity contribution is 7.89. The average molecular weight is 484 g/mol. The minimum absolute atomic E-state index is 0.0367. The molecule has 0 saturated heterocycles. The molecule has 2 heterocycles. The van der Waals surface area contributed by atoms with Gasteiger partial charge >= 0.3 is 0 Å². The first-order valence-corrected chi connectivity index (χ1v) is 11.9. The maximum Gasteiger partial charge on any atom is 0.255 e. The van der Waals surface area contributed by atoms with Gasteiger partial charge in [0.05, 0.1) is 10.7 Å². The third-order valence-corrected chi connectivity index (χ3v) is 6.84. The van der Waals surface area contributed by atoms with E-state index >= 15 is 0 Å². The van der Waals surface area contributed by atoms with E-state index in [0.29, 0.717) is 11.5 Å². The summed E-state index contributed by atoms with van der Waals surface area (Å²) < 4.78 is 29.8. The second kappa shape index (κ2) is 8.58. The number of carbonyl (C=O) groups is 1. The van der Waals surface area contributed by atoms with Gasteiger partial charge in [0.1, 0.15) is 4.90 Å². The van der Waals surface area contributed by atoms with Crippen LogP contribution in [0.15, 0.2) is 72.0 Å². The third kappa shape index (κ3) is 5.22. The van der Waals surface area contributed by atoms with Crippen LogP contribution in [0.5, 0.6) is 0 Å². The molecule has 0 aliphatic heterocycles. The van der Waals surface area contributed by atoms with Crippen LogP contribution in [0.3, 0.4) is 0 Å². The van der Waals surface area contributed by atoms with Crippen LogP contribution >= 0.6 is 11.6 Å². The lowest BCUT2D eigenvalue weighted by Gasteiger charge is -2.21. The molecule has 0 aliphatic rings. The van der Waals surface area contributed by atoms with Gasteiger partial charge in [-0.1, -0.05) is 23.7 Å². The van der Waals surface area contributed by atoms with E-state index in [4.69, 9.17) is 11.6 Å². The van der Waals surface area contributed by atoms with Gasteiger partial charge in [0.2, 0.25) is 15.8 Å². The SMILES string of the molecule is CC(C)(C)NS(=O)(=O)c1cc(C(=O)Nc2ccc(-c3cn4cccnc4n3)cc2)ccc1Cl. The molecule has 4 aromatic rings. The Hall–Kier alpha value is -3.27. The lowest BCUT2D eigenvalue weighted by atomic mass is 10.1. The summed E-state index contributed by atoms with van der Waals surface area (Å²) in [7, 11) is -3.90. The quantitative estimate of drug-likeness (QED) is 0.438. The number of imidazole rings is 1. The Balaban J connectivity index is 1.53. The summed E-state index contributed by atoms with van der Waals surface area (Å²) in [4.78, 5) is 21.3. The van der Waals surface area contributed by atoms with E-state index < -0.39 is 21.5 Å². The van der Waals surface area contributed by atoms with E-state index in [9.17, 15) is 13.2 Å². The zero-order valence-electron chi connectivity index (χ0n) is 18.2.